The topological polar surface area (TPSA) is 225 Å². The maximum Gasteiger partial charge on any atom is 0.295 e. The predicted molar refractivity (Wildman–Crippen MR) is 183 cm³/mol. The van der Waals surface area contributed by atoms with Gasteiger partial charge in [-0.1, -0.05) is 18.7 Å². The van der Waals surface area contributed by atoms with Gasteiger partial charge in [0.1, 0.15) is 4.90 Å². The van der Waals surface area contributed by atoms with E-state index in [0.717, 1.165) is 6.07 Å². The van der Waals surface area contributed by atoms with E-state index < -0.39 is 35.9 Å². The van der Waals surface area contributed by atoms with Crippen LogP contribution in [0.1, 0.15) is 5.56 Å². The van der Waals surface area contributed by atoms with Crippen molar-refractivity contribution in [2.45, 2.75) is 16.7 Å². The van der Waals surface area contributed by atoms with Gasteiger partial charge in [0.25, 0.3) is 26.1 Å². The van der Waals surface area contributed by atoms with Crippen molar-refractivity contribution in [3.63, 3.8) is 0 Å². The molecule has 1 heterocycles. The van der Waals surface area contributed by atoms with Crippen molar-refractivity contribution in [3.8, 4) is 0 Å². The number of aromatic nitrogens is 3. The van der Waals surface area contributed by atoms with Gasteiger partial charge in [-0.05, 0) is 106 Å². The molecule has 48 heavy (non-hydrogen) atoms. The summed E-state index contributed by atoms with van der Waals surface area (Å²) >= 11 is 9.18. The fourth-order valence-electron chi connectivity index (χ4n) is 4.26. The number of hydrogen-bond donors (Lipinski definition) is 5. The number of hydrogen-bond acceptors (Lipinski definition) is 12. The van der Waals surface area contributed by atoms with Crippen LogP contribution >= 0.6 is 27.5 Å². The summed E-state index contributed by atoms with van der Waals surface area (Å²) < 4.78 is 66.4. The largest absolute Gasteiger partial charge is 0.324 e. The molecule has 5 N–H and O–H groups in total. The Bertz CT molecular complexity index is 2380. The van der Waals surface area contributed by atoms with Gasteiger partial charge in [-0.3, -0.25) is 13.9 Å². The van der Waals surface area contributed by atoms with Crippen LogP contribution in [-0.4, -0.2) is 46.8 Å². The second-order valence-electron chi connectivity index (χ2n) is 9.92. The van der Waals surface area contributed by atoms with Gasteiger partial charge in [-0.25, -0.2) is 0 Å². The van der Waals surface area contributed by atoms with Gasteiger partial charge in [0.15, 0.2) is 0 Å². The fraction of sp³-hybridized carbons (Fsp3) is 0.0345. The maximum atomic E-state index is 12.0. The Labute approximate surface area is 286 Å². The molecule has 0 spiro atoms. The average molecular weight is 774 g/mol. The first-order valence-corrected chi connectivity index (χ1v) is 17.4. The number of aryl methyl sites for hydroxylation is 1. The van der Waals surface area contributed by atoms with Crippen LogP contribution in [0.5, 0.6) is 0 Å². The minimum atomic E-state index is -4.86. The third kappa shape index (κ3) is 8.54. The Hall–Kier alpha value is -4.85. The van der Waals surface area contributed by atoms with Crippen molar-refractivity contribution in [1.29, 1.82) is 0 Å². The fourth-order valence-corrected chi connectivity index (χ4v) is 5.87. The van der Waals surface area contributed by atoms with E-state index in [-0.39, 0.29) is 38.1 Å². The number of azo groups is 1. The summed E-state index contributed by atoms with van der Waals surface area (Å²) in [4.78, 5) is 23.1. The third-order valence-electron chi connectivity index (χ3n) is 6.41. The normalized spacial score (nSPS) is 11.9. The zero-order valence-corrected chi connectivity index (χ0v) is 28.4. The second-order valence-corrected chi connectivity index (χ2v) is 14.0. The number of carbonyl (C=O) groups is 1. The average Bonchev–Trinajstić information content (AvgIpc) is 2.99. The van der Waals surface area contributed by atoms with Gasteiger partial charge in [0, 0.05) is 22.4 Å². The molecule has 0 bridgehead atoms. The number of nitrogens with one attached hydrogen (secondary N) is 3. The van der Waals surface area contributed by atoms with E-state index in [0.29, 0.717) is 34.4 Å². The van der Waals surface area contributed by atoms with E-state index in [2.05, 4.69) is 63.6 Å². The van der Waals surface area contributed by atoms with Gasteiger partial charge in [-0.2, -0.15) is 42.0 Å². The van der Waals surface area contributed by atoms with Crippen molar-refractivity contribution in [2.24, 2.45) is 10.2 Å². The lowest BCUT2D eigenvalue weighted by Gasteiger charge is -2.11. The van der Waals surface area contributed by atoms with Crippen LogP contribution < -0.4 is 16.0 Å². The quantitative estimate of drug-likeness (QED) is 0.0538. The molecule has 0 radical (unpaired) electrons. The van der Waals surface area contributed by atoms with Crippen molar-refractivity contribution < 1.29 is 30.7 Å². The highest BCUT2D eigenvalue weighted by Gasteiger charge is 2.21. The minimum Gasteiger partial charge on any atom is -0.324 e. The molecule has 0 fully saturated rings. The number of halogens is 2. The zero-order valence-electron chi connectivity index (χ0n) is 24.4. The number of rotatable bonds is 10. The minimum absolute atomic E-state index is 0.0251. The van der Waals surface area contributed by atoms with Crippen LogP contribution in [0.4, 0.5) is 40.3 Å². The summed E-state index contributed by atoms with van der Waals surface area (Å²) in [5.41, 5.74) is 3.01. The van der Waals surface area contributed by atoms with E-state index in [4.69, 9.17) is 11.6 Å². The lowest BCUT2D eigenvalue weighted by atomic mass is 10.1. The SMILES string of the molecule is C=C(Br)C(=O)Nc1cccc(Nc2nc(Cl)nc(Nc3ccc(N=Nc4ccc5cc(S(=O)(=O)O)cc(S(=O)(=O)O)c5c4)c(C)c3)n2)c1. The first kappa shape index (κ1) is 34.5. The Morgan fingerprint density at radius 2 is 1.50 bits per heavy atom. The Morgan fingerprint density at radius 1 is 0.833 bits per heavy atom. The first-order chi connectivity index (χ1) is 22.5. The highest BCUT2D eigenvalue weighted by atomic mass is 79.9. The van der Waals surface area contributed by atoms with Gasteiger partial charge in [-0.15, -0.1) is 0 Å². The lowest BCUT2D eigenvalue weighted by Crippen LogP contribution is -2.10. The molecule has 0 unspecified atom stereocenters. The van der Waals surface area contributed by atoms with Crippen molar-refractivity contribution in [1.82, 2.24) is 15.0 Å². The molecule has 15 nitrogen and oxygen atoms in total. The molecule has 0 aliphatic rings. The zero-order chi connectivity index (χ0) is 34.8. The number of anilines is 5. The lowest BCUT2D eigenvalue weighted by molar-refractivity contribution is -0.112. The number of amides is 1. The van der Waals surface area contributed by atoms with Crippen LogP contribution in [0.3, 0.4) is 0 Å². The number of nitrogens with zero attached hydrogens (tertiary/aromatic N) is 5. The van der Waals surface area contributed by atoms with E-state index in [1.54, 1.807) is 49.4 Å². The van der Waals surface area contributed by atoms with Crippen LogP contribution in [0, 0.1) is 6.92 Å². The monoisotopic (exact) mass is 772 g/mol. The number of benzene rings is 4. The summed E-state index contributed by atoms with van der Waals surface area (Å²) in [5, 5.41) is 17.2. The molecule has 4 aromatic carbocycles. The van der Waals surface area contributed by atoms with Gasteiger partial charge < -0.3 is 16.0 Å². The molecule has 0 saturated carbocycles. The molecule has 19 heteroatoms. The van der Waals surface area contributed by atoms with E-state index in [1.807, 2.05) is 0 Å². The number of carbonyl (C=O) groups excluding carboxylic acids is 1. The standard InChI is InChI=1S/C29H22BrClN8O7S2/c1-15-10-20(34-29-36-27(31)35-28(37-29)33-19-5-3-4-18(12-19)32-26(40)16(2)30)8-9-24(15)39-38-21-7-6-17-11-22(47(41,42)43)14-25(23(17)13-21)48(44,45)46/h3-14H,2H2,1H3,(H,32,40)(H,41,42,43)(H,44,45,46)(H2,33,34,35,36,37). The molecule has 0 atom stereocenters. The highest BCUT2D eigenvalue weighted by molar-refractivity contribution is 9.12. The first-order valence-electron chi connectivity index (χ1n) is 13.3. The van der Waals surface area contributed by atoms with Gasteiger partial charge in [0.05, 0.1) is 20.8 Å². The third-order valence-corrected chi connectivity index (χ3v) is 8.66. The highest BCUT2D eigenvalue weighted by Crippen LogP contribution is 2.32. The molecule has 0 aliphatic carbocycles. The molecular weight excluding hydrogens is 752 g/mol. The predicted octanol–water partition coefficient (Wildman–Crippen LogP) is 7.23. The number of fused-ring (bicyclic) bond motifs is 1. The van der Waals surface area contributed by atoms with E-state index >= 15 is 0 Å². The molecule has 0 saturated heterocycles. The van der Waals surface area contributed by atoms with Crippen LogP contribution in [-0.2, 0) is 25.0 Å². The van der Waals surface area contributed by atoms with Crippen LogP contribution in [0.15, 0.2) is 104 Å². The maximum absolute atomic E-state index is 12.0. The van der Waals surface area contributed by atoms with Crippen molar-refractivity contribution in [2.75, 3.05) is 16.0 Å². The summed E-state index contributed by atoms with van der Waals surface area (Å²) in [6.45, 7) is 5.31. The van der Waals surface area contributed by atoms with Gasteiger partial charge in [0.2, 0.25) is 17.2 Å². The molecular formula is C29H22BrClN8O7S2. The van der Waals surface area contributed by atoms with E-state index in [1.165, 1.54) is 18.2 Å². The van der Waals surface area contributed by atoms with Crippen LogP contribution in [0.25, 0.3) is 10.8 Å². The van der Waals surface area contributed by atoms with E-state index in [9.17, 15) is 30.7 Å². The molecule has 246 valence electrons. The van der Waals surface area contributed by atoms with Crippen molar-refractivity contribution in [3.05, 3.63) is 94.7 Å². The summed E-state index contributed by atoms with van der Waals surface area (Å²) in [7, 11) is -9.61. The van der Waals surface area contributed by atoms with Crippen molar-refractivity contribution >= 4 is 105 Å². The summed E-state index contributed by atoms with van der Waals surface area (Å²) in [6, 6.07) is 17.8. The molecule has 5 rings (SSSR count). The van der Waals surface area contributed by atoms with Gasteiger partial charge >= 0.3 is 0 Å². The molecule has 0 aliphatic heterocycles. The molecule has 1 amide bonds. The Balaban J connectivity index is 1.34. The Kier molecular flexibility index (Phi) is 9.85. The summed E-state index contributed by atoms with van der Waals surface area (Å²) in [6.07, 6.45) is 0. The second kappa shape index (κ2) is 13.7. The molecule has 5 aromatic rings. The molecule has 1 aromatic heterocycles. The smallest absolute Gasteiger partial charge is 0.295 e. The summed E-state index contributed by atoms with van der Waals surface area (Å²) in [5.74, 6) is -0.129. The van der Waals surface area contributed by atoms with Crippen LogP contribution in [0.2, 0.25) is 5.28 Å². The Morgan fingerprint density at radius 3 is 2.12 bits per heavy atom.